The molecule has 2 N–H and O–H groups in total. The molecular formula is C16H22N2O2. The number of hydrogen-bond donors (Lipinski definition) is 2. The van der Waals surface area contributed by atoms with Gasteiger partial charge in [0.05, 0.1) is 6.04 Å². The predicted octanol–water partition coefficient (Wildman–Crippen LogP) is 3.00. The number of amides is 1. The first-order chi connectivity index (χ1) is 9.56. The second-order valence-electron chi connectivity index (χ2n) is 5.33. The van der Waals surface area contributed by atoms with Crippen molar-refractivity contribution in [3.8, 4) is 0 Å². The zero-order valence-electron chi connectivity index (χ0n) is 12.3. The van der Waals surface area contributed by atoms with Crippen molar-refractivity contribution >= 4 is 16.9 Å². The monoisotopic (exact) mass is 274 g/mol. The van der Waals surface area contributed by atoms with Gasteiger partial charge in [0.1, 0.15) is 11.3 Å². The molecule has 1 aromatic carbocycles. The lowest BCUT2D eigenvalue weighted by Crippen LogP contribution is -2.33. The summed E-state index contributed by atoms with van der Waals surface area (Å²) in [5, 5.41) is 7.29. The second-order valence-corrected chi connectivity index (χ2v) is 5.33. The van der Waals surface area contributed by atoms with Crippen molar-refractivity contribution in [2.24, 2.45) is 0 Å². The second kappa shape index (κ2) is 6.57. The van der Waals surface area contributed by atoms with E-state index in [9.17, 15) is 4.79 Å². The van der Waals surface area contributed by atoms with E-state index in [0.717, 1.165) is 16.7 Å². The lowest BCUT2D eigenvalue weighted by molar-refractivity contribution is -0.121. The number of furan rings is 1. The Morgan fingerprint density at radius 3 is 2.70 bits per heavy atom. The first-order valence-corrected chi connectivity index (χ1v) is 7.07. The molecule has 0 aliphatic heterocycles. The van der Waals surface area contributed by atoms with E-state index in [4.69, 9.17) is 4.42 Å². The van der Waals surface area contributed by atoms with E-state index in [1.54, 1.807) is 0 Å². The average Bonchev–Trinajstić information content (AvgIpc) is 2.81. The maximum Gasteiger partial charge on any atom is 0.221 e. The maximum atomic E-state index is 11.5. The van der Waals surface area contributed by atoms with Crippen molar-refractivity contribution in [2.75, 3.05) is 6.54 Å². The third kappa shape index (κ3) is 3.84. The van der Waals surface area contributed by atoms with Crippen molar-refractivity contribution in [3.63, 3.8) is 0 Å². The van der Waals surface area contributed by atoms with Crippen LogP contribution in [0.2, 0.25) is 0 Å². The van der Waals surface area contributed by atoms with Crippen molar-refractivity contribution in [1.82, 2.24) is 10.6 Å². The van der Waals surface area contributed by atoms with E-state index >= 15 is 0 Å². The van der Waals surface area contributed by atoms with Crippen molar-refractivity contribution in [1.29, 1.82) is 0 Å². The summed E-state index contributed by atoms with van der Waals surface area (Å²) in [6.07, 6.45) is 0.475. The first-order valence-electron chi connectivity index (χ1n) is 7.07. The van der Waals surface area contributed by atoms with Gasteiger partial charge >= 0.3 is 0 Å². The molecule has 1 amide bonds. The van der Waals surface area contributed by atoms with Gasteiger partial charge in [-0.3, -0.25) is 4.79 Å². The fourth-order valence-electron chi connectivity index (χ4n) is 2.11. The van der Waals surface area contributed by atoms with Crippen LogP contribution in [0.15, 0.2) is 34.7 Å². The minimum atomic E-state index is 0.0734. The Hall–Kier alpha value is -1.81. The van der Waals surface area contributed by atoms with Crippen molar-refractivity contribution < 1.29 is 9.21 Å². The molecule has 0 bridgehead atoms. The summed E-state index contributed by atoms with van der Waals surface area (Å²) in [5.74, 6) is 0.972. The molecule has 0 aliphatic carbocycles. The van der Waals surface area contributed by atoms with Gasteiger partial charge in [0.25, 0.3) is 0 Å². The largest absolute Gasteiger partial charge is 0.459 e. The van der Waals surface area contributed by atoms with Gasteiger partial charge in [-0.05, 0) is 32.9 Å². The summed E-state index contributed by atoms with van der Waals surface area (Å²) in [4.78, 5) is 11.5. The summed E-state index contributed by atoms with van der Waals surface area (Å²) in [7, 11) is 0. The minimum Gasteiger partial charge on any atom is -0.459 e. The Bertz CT molecular complexity index is 542. The van der Waals surface area contributed by atoms with E-state index < -0.39 is 0 Å². The summed E-state index contributed by atoms with van der Waals surface area (Å²) >= 11 is 0. The van der Waals surface area contributed by atoms with E-state index in [1.165, 1.54) is 0 Å². The van der Waals surface area contributed by atoms with Gasteiger partial charge in [0.15, 0.2) is 0 Å². The Kier molecular flexibility index (Phi) is 4.79. The molecule has 4 heteroatoms. The summed E-state index contributed by atoms with van der Waals surface area (Å²) in [5.41, 5.74) is 0.897. The lowest BCUT2D eigenvalue weighted by Gasteiger charge is -2.12. The Morgan fingerprint density at radius 2 is 2.00 bits per heavy atom. The molecule has 108 valence electrons. The number of carbonyl (C=O) groups excluding carboxylic acids is 1. The number of benzene rings is 1. The number of rotatable bonds is 6. The summed E-state index contributed by atoms with van der Waals surface area (Å²) in [6, 6.07) is 10.3. The van der Waals surface area contributed by atoms with Crippen LogP contribution in [0.3, 0.4) is 0 Å². The van der Waals surface area contributed by atoms with Gasteiger partial charge in [-0.2, -0.15) is 0 Å². The van der Waals surface area contributed by atoms with Gasteiger partial charge in [0, 0.05) is 24.4 Å². The summed E-state index contributed by atoms with van der Waals surface area (Å²) in [6.45, 7) is 6.60. The Morgan fingerprint density at radius 1 is 1.25 bits per heavy atom. The highest BCUT2D eigenvalue weighted by atomic mass is 16.3. The van der Waals surface area contributed by atoms with E-state index in [0.29, 0.717) is 13.0 Å². The van der Waals surface area contributed by atoms with E-state index in [2.05, 4.69) is 10.6 Å². The molecule has 2 aromatic rings. The maximum absolute atomic E-state index is 11.5. The third-order valence-electron chi connectivity index (χ3n) is 3.12. The molecule has 0 fully saturated rings. The zero-order valence-corrected chi connectivity index (χ0v) is 12.3. The topological polar surface area (TPSA) is 54.3 Å². The molecular weight excluding hydrogens is 252 g/mol. The van der Waals surface area contributed by atoms with Crippen LogP contribution in [-0.2, 0) is 4.79 Å². The van der Waals surface area contributed by atoms with Crippen LogP contribution in [0.4, 0.5) is 0 Å². The quantitative estimate of drug-likeness (QED) is 0.851. The molecule has 0 spiro atoms. The highest BCUT2D eigenvalue weighted by Gasteiger charge is 2.11. The smallest absolute Gasteiger partial charge is 0.221 e. The molecule has 0 aliphatic rings. The molecule has 0 radical (unpaired) electrons. The fourth-order valence-corrected chi connectivity index (χ4v) is 2.11. The van der Waals surface area contributed by atoms with Crippen molar-refractivity contribution in [2.45, 2.75) is 39.3 Å². The van der Waals surface area contributed by atoms with Crippen LogP contribution in [0, 0.1) is 0 Å². The molecule has 1 aromatic heterocycles. The van der Waals surface area contributed by atoms with Gasteiger partial charge < -0.3 is 15.1 Å². The number of para-hydroxylation sites is 1. The molecule has 1 unspecified atom stereocenters. The predicted molar refractivity (Wildman–Crippen MR) is 80.5 cm³/mol. The Balaban J connectivity index is 1.85. The molecule has 1 heterocycles. The number of fused-ring (bicyclic) bond motifs is 1. The molecule has 0 saturated carbocycles. The zero-order chi connectivity index (χ0) is 14.5. The number of hydrogen-bond acceptors (Lipinski definition) is 3. The van der Waals surface area contributed by atoms with Gasteiger partial charge in [-0.15, -0.1) is 0 Å². The van der Waals surface area contributed by atoms with Gasteiger partial charge in [0.2, 0.25) is 5.91 Å². The van der Waals surface area contributed by atoms with Crippen LogP contribution in [0.1, 0.15) is 39.0 Å². The number of carbonyl (C=O) groups is 1. The number of nitrogens with one attached hydrogen (secondary N) is 2. The minimum absolute atomic E-state index is 0.0734. The molecule has 0 saturated heterocycles. The third-order valence-corrected chi connectivity index (χ3v) is 3.12. The van der Waals surface area contributed by atoms with Crippen LogP contribution in [0.5, 0.6) is 0 Å². The van der Waals surface area contributed by atoms with E-state index in [-0.39, 0.29) is 18.0 Å². The van der Waals surface area contributed by atoms with Crippen LogP contribution in [0.25, 0.3) is 11.0 Å². The van der Waals surface area contributed by atoms with Gasteiger partial charge in [-0.25, -0.2) is 0 Å². The molecule has 2 rings (SSSR count). The van der Waals surface area contributed by atoms with Crippen LogP contribution in [-0.4, -0.2) is 18.5 Å². The van der Waals surface area contributed by atoms with Crippen molar-refractivity contribution in [3.05, 3.63) is 36.1 Å². The summed E-state index contributed by atoms with van der Waals surface area (Å²) < 4.78 is 5.79. The molecule has 4 nitrogen and oxygen atoms in total. The van der Waals surface area contributed by atoms with E-state index in [1.807, 2.05) is 51.1 Å². The van der Waals surface area contributed by atoms with Gasteiger partial charge in [-0.1, -0.05) is 18.2 Å². The lowest BCUT2D eigenvalue weighted by atomic mass is 10.2. The fraction of sp³-hybridized carbons (Fsp3) is 0.438. The molecule has 20 heavy (non-hydrogen) atoms. The first kappa shape index (κ1) is 14.6. The SMILES string of the molecule is CC(C)NC(=O)CCNC(C)c1cc2ccccc2o1. The Labute approximate surface area is 119 Å². The standard InChI is InChI=1S/C16H22N2O2/c1-11(2)18-16(19)8-9-17-12(3)15-10-13-6-4-5-7-14(13)20-15/h4-7,10-12,17H,8-9H2,1-3H3,(H,18,19). The highest BCUT2D eigenvalue weighted by Crippen LogP contribution is 2.23. The van der Waals surface area contributed by atoms with Crippen LogP contribution < -0.4 is 10.6 Å². The molecule has 1 atom stereocenters. The average molecular weight is 274 g/mol. The normalized spacial score (nSPS) is 12.8. The van der Waals surface area contributed by atoms with Crippen LogP contribution >= 0.6 is 0 Å². The highest BCUT2D eigenvalue weighted by molar-refractivity contribution is 5.78.